The number of carbonyl (C=O) groups excluding carboxylic acids is 3. The van der Waals surface area contributed by atoms with E-state index >= 15 is 0 Å². The third kappa shape index (κ3) is 4.59. The lowest BCUT2D eigenvalue weighted by atomic mass is 10.1. The van der Waals surface area contributed by atoms with Crippen molar-refractivity contribution in [3.8, 4) is 0 Å². The second kappa shape index (κ2) is 8.88. The van der Waals surface area contributed by atoms with Gasteiger partial charge in [-0.05, 0) is 18.6 Å². The first-order chi connectivity index (χ1) is 13.1. The van der Waals surface area contributed by atoms with Gasteiger partial charge in [0.2, 0.25) is 17.7 Å². The van der Waals surface area contributed by atoms with Crippen LogP contribution in [0.4, 0.5) is 5.69 Å². The van der Waals surface area contributed by atoms with Gasteiger partial charge in [-0.3, -0.25) is 14.4 Å². The zero-order chi connectivity index (χ0) is 19.2. The predicted octanol–water partition coefficient (Wildman–Crippen LogP) is 0.852. The van der Waals surface area contributed by atoms with Crippen molar-refractivity contribution in [1.82, 2.24) is 15.1 Å². The molecule has 0 aromatic heterocycles. The average molecular weight is 372 g/mol. The molecule has 1 atom stereocenters. The van der Waals surface area contributed by atoms with Crippen molar-refractivity contribution >= 4 is 23.4 Å². The van der Waals surface area contributed by atoms with Gasteiger partial charge in [0.15, 0.2) is 0 Å². The highest BCUT2D eigenvalue weighted by Crippen LogP contribution is 2.18. The number of hydrogen-bond donors (Lipinski definition) is 1. The molecule has 2 aliphatic rings. The summed E-state index contributed by atoms with van der Waals surface area (Å²) in [6, 6.07) is 9.47. The van der Waals surface area contributed by atoms with Crippen LogP contribution in [-0.4, -0.2) is 72.8 Å². The monoisotopic (exact) mass is 372 g/mol. The van der Waals surface area contributed by atoms with Crippen molar-refractivity contribution < 1.29 is 14.4 Å². The predicted molar refractivity (Wildman–Crippen MR) is 103 cm³/mol. The van der Waals surface area contributed by atoms with Crippen molar-refractivity contribution in [3.63, 3.8) is 0 Å². The van der Waals surface area contributed by atoms with E-state index in [1.807, 2.05) is 30.0 Å². The van der Waals surface area contributed by atoms with Crippen LogP contribution in [0.25, 0.3) is 0 Å². The summed E-state index contributed by atoms with van der Waals surface area (Å²) in [5, 5.41) is 2.78. The molecule has 1 N–H and O–H groups in total. The Balaban J connectivity index is 1.57. The highest BCUT2D eigenvalue weighted by atomic mass is 16.2. The molecule has 2 saturated heterocycles. The normalized spacial score (nSPS) is 20.4. The summed E-state index contributed by atoms with van der Waals surface area (Å²) >= 11 is 0. The van der Waals surface area contributed by atoms with Gasteiger partial charge in [-0.1, -0.05) is 25.1 Å². The lowest BCUT2D eigenvalue weighted by molar-refractivity contribution is -0.146. The smallest absolute Gasteiger partial charge is 0.243 e. The zero-order valence-electron chi connectivity index (χ0n) is 15.9. The van der Waals surface area contributed by atoms with Crippen molar-refractivity contribution in [2.24, 2.45) is 0 Å². The van der Waals surface area contributed by atoms with Gasteiger partial charge in [0, 0.05) is 51.4 Å². The van der Waals surface area contributed by atoms with E-state index in [4.69, 9.17) is 0 Å². The van der Waals surface area contributed by atoms with E-state index in [0.29, 0.717) is 32.6 Å². The molecule has 7 heteroatoms. The van der Waals surface area contributed by atoms with Crippen LogP contribution in [0.3, 0.4) is 0 Å². The molecule has 7 nitrogen and oxygen atoms in total. The van der Waals surface area contributed by atoms with Crippen LogP contribution in [0.5, 0.6) is 0 Å². The number of amides is 3. The Labute approximate surface area is 160 Å². The maximum atomic E-state index is 12.8. The van der Waals surface area contributed by atoms with Crippen LogP contribution in [0.15, 0.2) is 30.3 Å². The fourth-order valence-electron chi connectivity index (χ4n) is 3.72. The van der Waals surface area contributed by atoms with E-state index in [1.54, 1.807) is 4.90 Å². The summed E-state index contributed by atoms with van der Waals surface area (Å²) in [6.07, 6.45) is 1.21. The van der Waals surface area contributed by atoms with Crippen LogP contribution < -0.4 is 10.2 Å². The van der Waals surface area contributed by atoms with E-state index in [1.165, 1.54) is 0 Å². The average Bonchev–Trinajstić information content (AvgIpc) is 2.70. The molecular formula is C20H28N4O3. The van der Waals surface area contributed by atoms with Crippen molar-refractivity contribution in [2.45, 2.75) is 32.2 Å². The molecule has 3 rings (SSSR count). The second-order valence-electron chi connectivity index (χ2n) is 7.05. The molecule has 1 aromatic rings. The molecule has 2 heterocycles. The number of rotatable bonds is 5. The van der Waals surface area contributed by atoms with E-state index in [-0.39, 0.29) is 24.1 Å². The minimum atomic E-state index is -0.683. The van der Waals surface area contributed by atoms with E-state index in [0.717, 1.165) is 25.2 Å². The molecule has 2 aliphatic heterocycles. The summed E-state index contributed by atoms with van der Waals surface area (Å²) < 4.78 is 0. The van der Waals surface area contributed by atoms with Crippen LogP contribution in [0.2, 0.25) is 0 Å². The van der Waals surface area contributed by atoms with Gasteiger partial charge >= 0.3 is 0 Å². The van der Waals surface area contributed by atoms with Gasteiger partial charge in [-0.2, -0.15) is 0 Å². The number of nitrogens with zero attached hydrogens (tertiary/aromatic N) is 3. The molecule has 1 aromatic carbocycles. The second-order valence-corrected chi connectivity index (χ2v) is 7.05. The van der Waals surface area contributed by atoms with E-state index in [2.05, 4.69) is 22.3 Å². The molecule has 146 valence electrons. The van der Waals surface area contributed by atoms with Crippen LogP contribution in [-0.2, 0) is 14.4 Å². The maximum absolute atomic E-state index is 12.8. The summed E-state index contributed by atoms with van der Waals surface area (Å²) in [4.78, 5) is 43.0. The molecule has 3 amide bonds. The van der Waals surface area contributed by atoms with Crippen molar-refractivity contribution in [3.05, 3.63) is 30.3 Å². The minimum absolute atomic E-state index is 0.0425. The lowest BCUT2D eigenvalue weighted by Gasteiger charge is -2.39. The molecule has 0 saturated carbocycles. The zero-order valence-corrected chi connectivity index (χ0v) is 15.9. The first kappa shape index (κ1) is 19.2. The topological polar surface area (TPSA) is 73.0 Å². The van der Waals surface area contributed by atoms with Gasteiger partial charge in [0.05, 0.1) is 6.42 Å². The summed E-state index contributed by atoms with van der Waals surface area (Å²) in [6.45, 7) is 5.67. The molecule has 2 fully saturated rings. The molecular weight excluding hydrogens is 344 g/mol. The highest BCUT2D eigenvalue weighted by molar-refractivity contribution is 5.93. The first-order valence-electron chi connectivity index (χ1n) is 9.75. The third-order valence-electron chi connectivity index (χ3n) is 5.24. The Morgan fingerprint density at radius 3 is 2.41 bits per heavy atom. The minimum Gasteiger partial charge on any atom is -0.368 e. The molecule has 0 bridgehead atoms. The number of para-hydroxylation sites is 1. The van der Waals surface area contributed by atoms with Gasteiger partial charge < -0.3 is 20.0 Å². The summed E-state index contributed by atoms with van der Waals surface area (Å²) in [5.41, 5.74) is 1.16. The van der Waals surface area contributed by atoms with Gasteiger partial charge in [-0.15, -0.1) is 0 Å². The standard InChI is InChI=1S/C20H28N4O3/c1-2-6-18(25)24-10-9-21-20(27)17(24)15-19(26)23-13-11-22(12-14-23)16-7-4-3-5-8-16/h3-5,7-8,17H,2,6,9-15H2,1H3,(H,21,27). The quantitative estimate of drug-likeness (QED) is 0.832. The number of piperazine rings is 2. The molecule has 0 radical (unpaired) electrons. The number of benzene rings is 1. The van der Waals surface area contributed by atoms with Gasteiger partial charge in [0.1, 0.15) is 6.04 Å². The molecule has 27 heavy (non-hydrogen) atoms. The SMILES string of the molecule is CCCC(=O)N1CCNC(=O)C1CC(=O)N1CCN(c2ccccc2)CC1. The molecule has 0 aliphatic carbocycles. The Bertz CT molecular complexity index is 671. The van der Waals surface area contributed by atoms with Gasteiger partial charge in [-0.25, -0.2) is 0 Å². The number of anilines is 1. The molecule has 0 spiro atoms. The number of hydrogen-bond acceptors (Lipinski definition) is 4. The van der Waals surface area contributed by atoms with E-state index < -0.39 is 6.04 Å². The summed E-state index contributed by atoms with van der Waals surface area (Å²) in [7, 11) is 0. The largest absolute Gasteiger partial charge is 0.368 e. The Morgan fingerprint density at radius 1 is 1.04 bits per heavy atom. The van der Waals surface area contributed by atoms with E-state index in [9.17, 15) is 14.4 Å². The third-order valence-corrected chi connectivity index (χ3v) is 5.24. The first-order valence-corrected chi connectivity index (χ1v) is 9.75. The Hall–Kier alpha value is -2.57. The molecule has 1 unspecified atom stereocenters. The van der Waals surface area contributed by atoms with Crippen LogP contribution in [0.1, 0.15) is 26.2 Å². The van der Waals surface area contributed by atoms with Crippen molar-refractivity contribution in [1.29, 1.82) is 0 Å². The highest BCUT2D eigenvalue weighted by Gasteiger charge is 2.35. The van der Waals surface area contributed by atoms with Crippen molar-refractivity contribution in [2.75, 3.05) is 44.2 Å². The lowest BCUT2D eigenvalue weighted by Crippen LogP contribution is -2.59. The van der Waals surface area contributed by atoms with Gasteiger partial charge in [0.25, 0.3) is 0 Å². The number of nitrogens with one attached hydrogen (secondary N) is 1. The fourth-order valence-corrected chi connectivity index (χ4v) is 3.72. The summed E-state index contributed by atoms with van der Waals surface area (Å²) in [5.74, 6) is -0.319. The fraction of sp³-hybridized carbons (Fsp3) is 0.550. The Kier molecular flexibility index (Phi) is 6.32. The maximum Gasteiger partial charge on any atom is 0.243 e. The Morgan fingerprint density at radius 2 is 1.74 bits per heavy atom. The number of carbonyl (C=O) groups is 3. The van der Waals surface area contributed by atoms with Crippen LogP contribution in [0, 0.1) is 0 Å². The van der Waals surface area contributed by atoms with Crippen LogP contribution >= 0.6 is 0 Å².